The topological polar surface area (TPSA) is 111 Å². The van der Waals surface area contributed by atoms with E-state index in [0.717, 1.165) is 0 Å². The van der Waals surface area contributed by atoms with E-state index in [9.17, 15) is 19.4 Å². The van der Waals surface area contributed by atoms with Crippen LogP contribution < -0.4 is 9.97 Å². The minimum atomic E-state index is -1.28. The zero-order valence-corrected chi connectivity index (χ0v) is 12.7. The molecule has 0 aliphatic carbocycles. The molecule has 0 radical (unpaired) electrons. The first-order valence-electron chi connectivity index (χ1n) is 6.92. The summed E-state index contributed by atoms with van der Waals surface area (Å²) in [7, 11) is -1.28. The first-order valence-corrected chi connectivity index (χ1v) is 6.92. The number of rotatable bonds is 4. The smallest absolute Gasteiger partial charge is 0.534 e. The normalized spacial score (nSPS) is 16.0. The number of ether oxygens (including phenoxy) is 2. The van der Waals surface area contributed by atoms with Crippen molar-refractivity contribution in [1.82, 2.24) is 5.32 Å². The van der Waals surface area contributed by atoms with E-state index in [1.807, 2.05) is 0 Å². The summed E-state index contributed by atoms with van der Waals surface area (Å²) in [5.41, 5.74) is 0.756. The molecule has 122 valence electrons. The molecule has 0 unspecified atom stereocenters. The Labute approximate surface area is 132 Å². The van der Waals surface area contributed by atoms with Crippen molar-refractivity contribution in [3.63, 3.8) is 0 Å². The number of carbonyl (C=O) groups is 3. The minimum Gasteiger partial charge on any atom is -0.534 e. The molecule has 1 heterocycles. The van der Waals surface area contributed by atoms with E-state index in [1.165, 1.54) is 19.9 Å². The van der Waals surface area contributed by atoms with E-state index in [2.05, 4.69) is 10.1 Å². The number of hydrogen-bond acceptors (Lipinski definition) is 7. The van der Waals surface area contributed by atoms with Crippen LogP contribution in [0.2, 0.25) is 0 Å². The third-order valence-electron chi connectivity index (χ3n) is 3.18. The van der Waals surface area contributed by atoms with Crippen molar-refractivity contribution in [2.24, 2.45) is 0 Å². The van der Waals surface area contributed by atoms with Crippen LogP contribution in [0.25, 0.3) is 0 Å². The number of hydrogen-bond donors (Lipinski definition) is 2. The molecule has 0 spiro atoms. The highest BCUT2D eigenvalue weighted by Crippen LogP contribution is 2.30. The van der Waals surface area contributed by atoms with Gasteiger partial charge in [-0.25, -0.2) is 4.79 Å². The Morgan fingerprint density at radius 3 is 2.74 bits per heavy atom. The molecule has 2 rings (SSSR count). The fourth-order valence-corrected chi connectivity index (χ4v) is 2.21. The largest absolute Gasteiger partial charge is 0.547 e. The van der Waals surface area contributed by atoms with E-state index in [-0.39, 0.29) is 17.2 Å². The number of nitrogens with one attached hydrogen (secondary N) is 1. The van der Waals surface area contributed by atoms with Crippen molar-refractivity contribution in [2.75, 3.05) is 6.79 Å². The van der Waals surface area contributed by atoms with Gasteiger partial charge in [0.2, 0.25) is 12.7 Å². The Morgan fingerprint density at radius 1 is 1.35 bits per heavy atom. The lowest BCUT2D eigenvalue weighted by Gasteiger charge is -2.28. The zero-order valence-electron chi connectivity index (χ0n) is 12.7. The molecule has 1 aliphatic heterocycles. The summed E-state index contributed by atoms with van der Waals surface area (Å²) in [5, 5.41) is 12.5. The standard InChI is InChI=1S/C14H16BNO7/c1-8(17)16-12-6-10-4-3-5-11(13(10)23-15(12)20)14(19)22-7-21-9(2)18/h3-5,12,20H,6-7H2,1-2H3,(H,16,17)/t12-/m0/s1. The average molecular weight is 321 g/mol. The van der Waals surface area contributed by atoms with E-state index in [0.29, 0.717) is 12.0 Å². The van der Waals surface area contributed by atoms with E-state index < -0.39 is 31.8 Å². The molecular formula is C14H16BNO7. The molecule has 0 fully saturated rings. The summed E-state index contributed by atoms with van der Waals surface area (Å²) in [6, 6.07) is 4.83. The Morgan fingerprint density at radius 2 is 2.09 bits per heavy atom. The van der Waals surface area contributed by atoms with Crippen LogP contribution in [0.15, 0.2) is 18.2 Å². The molecule has 1 aromatic rings. The monoisotopic (exact) mass is 321 g/mol. The maximum absolute atomic E-state index is 12.0. The third-order valence-corrected chi connectivity index (χ3v) is 3.18. The molecule has 23 heavy (non-hydrogen) atoms. The molecule has 0 saturated carbocycles. The van der Waals surface area contributed by atoms with Gasteiger partial charge in [-0.15, -0.1) is 0 Å². The van der Waals surface area contributed by atoms with E-state index in [1.54, 1.807) is 12.1 Å². The minimum absolute atomic E-state index is 0.106. The molecule has 0 bridgehead atoms. The average Bonchev–Trinajstić information content (AvgIpc) is 2.46. The van der Waals surface area contributed by atoms with Crippen LogP contribution >= 0.6 is 0 Å². The molecule has 8 nitrogen and oxygen atoms in total. The van der Waals surface area contributed by atoms with Crippen molar-refractivity contribution < 1.29 is 33.5 Å². The summed E-state index contributed by atoms with van der Waals surface area (Å²) in [6.07, 6.45) is 0.307. The summed E-state index contributed by atoms with van der Waals surface area (Å²) in [5.74, 6) is -2.02. The third kappa shape index (κ3) is 4.23. The fraction of sp³-hybridized carbons (Fsp3) is 0.357. The quantitative estimate of drug-likeness (QED) is 0.450. The molecule has 0 aromatic heterocycles. The second-order valence-corrected chi connectivity index (χ2v) is 5.00. The number of fused-ring (bicyclic) bond motifs is 1. The van der Waals surface area contributed by atoms with Gasteiger partial charge < -0.3 is 24.5 Å². The predicted octanol–water partition coefficient (Wildman–Crippen LogP) is -0.177. The van der Waals surface area contributed by atoms with Gasteiger partial charge >= 0.3 is 19.1 Å². The van der Waals surface area contributed by atoms with Crippen LogP contribution in [0.5, 0.6) is 5.75 Å². The molecule has 9 heteroatoms. The molecule has 1 aliphatic rings. The van der Waals surface area contributed by atoms with Crippen molar-refractivity contribution in [1.29, 1.82) is 0 Å². The second-order valence-electron chi connectivity index (χ2n) is 5.00. The molecule has 1 atom stereocenters. The number of para-hydroxylation sites is 1. The van der Waals surface area contributed by atoms with Gasteiger partial charge in [0.1, 0.15) is 11.3 Å². The number of carbonyl (C=O) groups excluding carboxylic acids is 3. The Balaban J connectivity index is 2.15. The van der Waals surface area contributed by atoms with Gasteiger partial charge in [0, 0.05) is 13.8 Å². The maximum Gasteiger partial charge on any atom is 0.547 e. The highest BCUT2D eigenvalue weighted by atomic mass is 16.7. The Kier molecular flexibility index (Phi) is 5.22. The van der Waals surface area contributed by atoms with Crippen molar-refractivity contribution in [3.05, 3.63) is 29.3 Å². The van der Waals surface area contributed by atoms with E-state index in [4.69, 9.17) is 9.39 Å². The number of esters is 2. The van der Waals surface area contributed by atoms with Gasteiger partial charge in [0.25, 0.3) is 0 Å². The highest BCUT2D eigenvalue weighted by Gasteiger charge is 2.37. The summed E-state index contributed by atoms with van der Waals surface area (Å²) in [4.78, 5) is 33.8. The number of benzene rings is 1. The Bertz CT molecular complexity index is 634. The van der Waals surface area contributed by atoms with Gasteiger partial charge in [-0.3, -0.25) is 9.59 Å². The Hall–Kier alpha value is -2.55. The van der Waals surface area contributed by atoms with Crippen LogP contribution in [0.3, 0.4) is 0 Å². The molecule has 0 saturated heterocycles. The molecular weight excluding hydrogens is 305 g/mol. The summed E-state index contributed by atoms with van der Waals surface area (Å²) < 4.78 is 14.7. The number of amides is 1. The zero-order chi connectivity index (χ0) is 17.0. The molecule has 2 N–H and O–H groups in total. The predicted molar refractivity (Wildman–Crippen MR) is 78.4 cm³/mol. The fourth-order valence-electron chi connectivity index (χ4n) is 2.21. The van der Waals surface area contributed by atoms with Crippen LogP contribution in [0.1, 0.15) is 29.8 Å². The van der Waals surface area contributed by atoms with Gasteiger partial charge in [-0.05, 0) is 18.1 Å². The maximum atomic E-state index is 12.0. The lowest BCUT2D eigenvalue weighted by atomic mass is 9.72. The molecule has 1 amide bonds. The summed E-state index contributed by atoms with van der Waals surface area (Å²) >= 11 is 0. The van der Waals surface area contributed by atoms with Crippen LogP contribution in [0.4, 0.5) is 0 Å². The lowest BCUT2D eigenvalue weighted by molar-refractivity contribution is -0.149. The SMILES string of the molecule is CC(=O)N[C@H]1Cc2cccc(C(=O)OCOC(C)=O)c2OB1O. The first-order chi connectivity index (χ1) is 10.9. The van der Waals surface area contributed by atoms with Crippen LogP contribution in [-0.4, -0.2) is 42.7 Å². The van der Waals surface area contributed by atoms with E-state index >= 15 is 0 Å². The van der Waals surface area contributed by atoms with Crippen molar-refractivity contribution in [2.45, 2.75) is 26.2 Å². The van der Waals surface area contributed by atoms with Crippen molar-refractivity contribution in [3.8, 4) is 5.75 Å². The highest BCUT2D eigenvalue weighted by molar-refractivity contribution is 6.47. The summed E-state index contributed by atoms with van der Waals surface area (Å²) in [6.45, 7) is 2.03. The van der Waals surface area contributed by atoms with Gasteiger partial charge in [0.15, 0.2) is 0 Å². The van der Waals surface area contributed by atoms with Gasteiger partial charge in [0.05, 0.1) is 5.94 Å². The van der Waals surface area contributed by atoms with Crippen molar-refractivity contribution >= 4 is 25.0 Å². The van der Waals surface area contributed by atoms with Crippen LogP contribution in [0, 0.1) is 0 Å². The van der Waals surface area contributed by atoms with Crippen LogP contribution in [-0.2, 0) is 25.5 Å². The first kappa shape index (κ1) is 16.8. The van der Waals surface area contributed by atoms with Gasteiger partial charge in [-0.1, -0.05) is 12.1 Å². The lowest BCUT2D eigenvalue weighted by Crippen LogP contribution is -2.52. The molecule has 1 aromatic carbocycles. The van der Waals surface area contributed by atoms with Gasteiger partial charge in [-0.2, -0.15) is 0 Å². The second kappa shape index (κ2) is 7.14.